The summed E-state index contributed by atoms with van der Waals surface area (Å²) < 4.78 is 0.800. The van der Waals surface area contributed by atoms with Crippen LogP contribution in [0.15, 0.2) is 10.7 Å². The van der Waals surface area contributed by atoms with Crippen molar-refractivity contribution in [3.05, 3.63) is 21.3 Å². The molecular weight excluding hydrogens is 318 g/mol. The number of carbonyl (C=O) groups excluding carboxylic acids is 1. The van der Waals surface area contributed by atoms with Crippen LogP contribution >= 0.6 is 27.5 Å². The van der Waals surface area contributed by atoms with Crippen molar-refractivity contribution in [1.82, 2.24) is 4.98 Å². The predicted molar refractivity (Wildman–Crippen MR) is 73.7 cm³/mol. The first-order valence-corrected chi connectivity index (χ1v) is 7.08. The number of fused-ring (bicyclic) bond motifs is 2. The molecule has 1 spiro atoms. The monoisotopic (exact) mass is 329 g/mol. The molecule has 0 bridgehead atoms. The number of nitrogens with zero attached hydrogens (tertiary/aromatic N) is 1. The molecule has 2 atom stereocenters. The van der Waals surface area contributed by atoms with E-state index in [0.29, 0.717) is 5.02 Å². The van der Waals surface area contributed by atoms with E-state index in [2.05, 4.69) is 26.2 Å². The van der Waals surface area contributed by atoms with Gasteiger partial charge in [0.25, 0.3) is 0 Å². The SMILES string of the molecule is NC(=O)[C@H]1CC[C@@]2(CNc3ncc(Br)c(Cl)c32)C1. The minimum atomic E-state index is -0.209. The summed E-state index contributed by atoms with van der Waals surface area (Å²) in [7, 11) is 0. The van der Waals surface area contributed by atoms with Crippen molar-refractivity contribution in [2.75, 3.05) is 11.9 Å². The second-order valence-corrected chi connectivity index (χ2v) is 6.35. The fourth-order valence-electron chi connectivity index (χ4n) is 3.18. The maximum atomic E-state index is 11.3. The Morgan fingerprint density at radius 2 is 2.44 bits per heavy atom. The summed E-state index contributed by atoms with van der Waals surface area (Å²) in [5.74, 6) is 0.584. The van der Waals surface area contributed by atoms with E-state index in [1.165, 1.54) is 0 Å². The van der Waals surface area contributed by atoms with E-state index in [9.17, 15) is 4.79 Å². The molecule has 2 aliphatic rings. The number of pyridine rings is 1. The van der Waals surface area contributed by atoms with Crippen molar-refractivity contribution < 1.29 is 4.79 Å². The Hall–Kier alpha value is -0.810. The Morgan fingerprint density at radius 3 is 3.11 bits per heavy atom. The Morgan fingerprint density at radius 1 is 1.67 bits per heavy atom. The molecule has 0 aromatic carbocycles. The zero-order valence-electron chi connectivity index (χ0n) is 9.67. The molecule has 2 heterocycles. The van der Waals surface area contributed by atoms with Gasteiger partial charge in [0, 0.05) is 29.6 Å². The zero-order chi connectivity index (χ0) is 12.9. The number of hydrogen-bond acceptors (Lipinski definition) is 3. The van der Waals surface area contributed by atoms with Crippen LogP contribution < -0.4 is 11.1 Å². The first kappa shape index (κ1) is 12.2. The molecule has 1 amide bonds. The lowest BCUT2D eigenvalue weighted by molar-refractivity contribution is -0.121. The summed E-state index contributed by atoms with van der Waals surface area (Å²) in [6.07, 6.45) is 4.23. The van der Waals surface area contributed by atoms with Gasteiger partial charge in [-0.2, -0.15) is 0 Å². The van der Waals surface area contributed by atoms with E-state index in [-0.39, 0.29) is 17.2 Å². The van der Waals surface area contributed by atoms with E-state index in [1.54, 1.807) is 6.20 Å². The minimum absolute atomic E-state index is 0.0483. The minimum Gasteiger partial charge on any atom is -0.369 e. The summed E-state index contributed by atoms with van der Waals surface area (Å²) in [4.78, 5) is 15.7. The summed E-state index contributed by atoms with van der Waals surface area (Å²) in [5, 5.41) is 4.00. The Labute approximate surface area is 118 Å². The fraction of sp³-hybridized carbons (Fsp3) is 0.500. The van der Waals surface area contributed by atoms with Gasteiger partial charge in [-0.15, -0.1) is 0 Å². The molecule has 0 saturated heterocycles. The Balaban J connectivity index is 2.05. The molecule has 1 aromatic rings. The number of rotatable bonds is 1. The fourth-order valence-corrected chi connectivity index (χ4v) is 3.82. The smallest absolute Gasteiger partial charge is 0.220 e. The van der Waals surface area contributed by atoms with Crippen LogP contribution in [0.3, 0.4) is 0 Å². The number of primary amides is 1. The zero-order valence-corrected chi connectivity index (χ0v) is 12.0. The van der Waals surface area contributed by atoms with Crippen LogP contribution in [0.5, 0.6) is 0 Å². The van der Waals surface area contributed by atoms with Gasteiger partial charge in [0.15, 0.2) is 0 Å². The predicted octanol–water partition coefficient (Wildman–Crippen LogP) is 2.45. The van der Waals surface area contributed by atoms with Gasteiger partial charge in [0.1, 0.15) is 5.82 Å². The highest BCUT2D eigenvalue weighted by molar-refractivity contribution is 9.10. The van der Waals surface area contributed by atoms with Crippen LogP contribution in [0.25, 0.3) is 0 Å². The van der Waals surface area contributed by atoms with Gasteiger partial charge in [-0.05, 0) is 35.2 Å². The summed E-state index contributed by atoms with van der Waals surface area (Å²) in [6.45, 7) is 0.787. The lowest BCUT2D eigenvalue weighted by Gasteiger charge is -2.24. The van der Waals surface area contributed by atoms with Crippen molar-refractivity contribution in [3.63, 3.8) is 0 Å². The van der Waals surface area contributed by atoms with Crippen LogP contribution in [-0.2, 0) is 10.2 Å². The molecule has 18 heavy (non-hydrogen) atoms. The van der Waals surface area contributed by atoms with Gasteiger partial charge in [0.2, 0.25) is 5.91 Å². The second kappa shape index (κ2) is 4.10. The molecule has 4 nitrogen and oxygen atoms in total. The van der Waals surface area contributed by atoms with E-state index < -0.39 is 0 Å². The molecule has 0 unspecified atom stereocenters. The normalized spacial score (nSPS) is 29.3. The Bertz CT molecular complexity index is 536. The molecule has 96 valence electrons. The summed E-state index contributed by atoms with van der Waals surface area (Å²) in [6, 6.07) is 0. The molecular formula is C12H13BrClN3O. The number of amides is 1. The maximum absolute atomic E-state index is 11.3. The third kappa shape index (κ3) is 1.64. The first-order valence-electron chi connectivity index (χ1n) is 5.91. The van der Waals surface area contributed by atoms with Gasteiger partial charge in [-0.25, -0.2) is 4.98 Å². The van der Waals surface area contributed by atoms with Crippen LogP contribution in [0.2, 0.25) is 5.02 Å². The molecule has 0 radical (unpaired) electrons. The van der Waals surface area contributed by atoms with Crippen molar-refractivity contribution in [2.45, 2.75) is 24.7 Å². The highest BCUT2D eigenvalue weighted by Crippen LogP contribution is 2.52. The number of anilines is 1. The number of nitrogens with two attached hydrogens (primary N) is 1. The van der Waals surface area contributed by atoms with Gasteiger partial charge >= 0.3 is 0 Å². The molecule has 3 N–H and O–H groups in total. The molecule has 6 heteroatoms. The van der Waals surface area contributed by atoms with Gasteiger partial charge in [-0.1, -0.05) is 11.6 Å². The number of nitrogens with one attached hydrogen (secondary N) is 1. The third-order valence-corrected chi connectivity index (χ3v) is 5.33. The van der Waals surface area contributed by atoms with E-state index in [4.69, 9.17) is 17.3 Å². The highest BCUT2D eigenvalue weighted by atomic mass is 79.9. The van der Waals surface area contributed by atoms with Crippen LogP contribution in [0.4, 0.5) is 5.82 Å². The topological polar surface area (TPSA) is 68.0 Å². The van der Waals surface area contributed by atoms with Crippen LogP contribution in [0.1, 0.15) is 24.8 Å². The number of hydrogen-bond donors (Lipinski definition) is 2. The largest absolute Gasteiger partial charge is 0.369 e. The van der Waals surface area contributed by atoms with Crippen LogP contribution in [-0.4, -0.2) is 17.4 Å². The number of halogens is 2. The first-order chi connectivity index (χ1) is 8.53. The lowest BCUT2D eigenvalue weighted by atomic mass is 9.80. The van der Waals surface area contributed by atoms with Gasteiger partial charge in [-0.3, -0.25) is 4.79 Å². The van der Waals surface area contributed by atoms with E-state index in [1.807, 2.05) is 0 Å². The number of carbonyl (C=O) groups is 1. The Kier molecular flexibility index (Phi) is 2.79. The van der Waals surface area contributed by atoms with Crippen molar-refractivity contribution in [2.24, 2.45) is 11.7 Å². The quantitative estimate of drug-likeness (QED) is 0.831. The highest BCUT2D eigenvalue weighted by Gasteiger charge is 2.48. The molecule has 1 aromatic heterocycles. The third-order valence-electron chi connectivity index (χ3n) is 4.11. The lowest BCUT2D eigenvalue weighted by Crippen LogP contribution is -2.28. The molecule has 1 fully saturated rings. The second-order valence-electron chi connectivity index (χ2n) is 5.12. The van der Waals surface area contributed by atoms with Gasteiger partial charge < -0.3 is 11.1 Å². The van der Waals surface area contributed by atoms with E-state index >= 15 is 0 Å². The number of aromatic nitrogens is 1. The molecule has 1 aliphatic carbocycles. The van der Waals surface area contributed by atoms with Crippen LogP contribution in [0, 0.1) is 5.92 Å². The summed E-state index contributed by atoms with van der Waals surface area (Å²) >= 11 is 9.80. The van der Waals surface area contributed by atoms with Crippen molar-refractivity contribution >= 4 is 39.3 Å². The molecule has 1 saturated carbocycles. The van der Waals surface area contributed by atoms with Crippen molar-refractivity contribution in [1.29, 1.82) is 0 Å². The van der Waals surface area contributed by atoms with Gasteiger partial charge in [0.05, 0.1) is 9.50 Å². The van der Waals surface area contributed by atoms with Crippen molar-refractivity contribution in [3.8, 4) is 0 Å². The summed E-state index contributed by atoms with van der Waals surface area (Å²) in [5.41, 5.74) is 6.38. The molecule has 1 aliphatic heterocycles. The average Bonchev–Trinajstić information content (AvgIpc) is 2.91. The maximum Gasteiger partial charge on any atom is 0.220 e. The van der Waals surface area contributed by atoms with E-state index in [0.717, 1.165) is 41.7 Å². The molecule has 3 rings (SSSR count). The standard InChI is InChI=1S/C12H13BrClN3O/c13-7-4-16-11-8(9(7)14)12(5-17-11)2-1-6(3-12)10(15)18/h4,6H,1-3,5H2,(H2,15,18)(H,16,17)/t6-,12-/m0/s1. The average molecular weight is 331 g/mol.